The highest BCUT2D eigenvalue weighted by molar-refractivity contribution is 5.94. The van der Waals surface area contributed by atoms with Crippen LogP contribution < -0.4 is 5.56 Å². The van der Waals surface area contributed by atoms with Crippen molar-refractivity contribution in [1.29, 1.82) is 0 Å². The van der Waals surface area contributed by atoms with Gasteiger partial charge in [0.1, 0.15) is 5.82 Å². The maximum atomic E-state index is 11.8. The van der Waals surface area contributed by atoms with Gasteiger partial charge in [0, 0.05) is 23.9 Å². The fourth-order valence-electron chi connectivity index (χ4n) is 2.21. The number of aliphatic hydroxyl groups is 1. The Balaban J connectivity index is 2.55. The van der Waals surface area contributed by atoms with E-state index in [4.69, 9.17) is 4.74 Å². The van der Waals surface area contributed by atoms with Gasteiger partial charge >= 0.3 is 5.97 Å². The Hall–Kier alpha value is -2.11. The van der Waals surface area contributed by atoms with Crippen LogP contribution in [0.15, 0.2) is 22.8 Å². The molecule has 0 amide bonds. The number of ether oxygens (including phenoxy) is 1. The molecular formula is C13H16N2O4. The first-order valence-corrected chi connectivity index (χ1v) is 6.23. The monoisotopic (exact) mass is 264 g/mol. The molecule has 1 aliphatic rings. The van der Waals surface area contributed by atoms with Crippen molar-refractivity contribution in [2.75, 3.05) is 6.61 Å². The quantitative estimate of drug-likeness (QED) is 0.496. The Morgan fingerprint density at radius 1 is 1.63 bits per heavy atom. The number of carbonyl (C=O) groups excluding carboxylic acids is 1. The van der Waals surface area contributed by atoms with Gasteiger partial charge in [-0.2, -0.15) is 0 Å². The van der Waals surface area contributed by atoms with Crippen LogP contribution >= 0.6 is 0 Å². The van der Waals surface area contributed by atoms with Crippen molar-refractivity contribution in [1.82, 2.24) is 9.55 Å². The summed E-state index contributed by atoms with van der Waals surface area (Å²) in [4.78, 5) is 27.5. The van der Waals surface area contributed by atoms with E-state index in [0.717, 1.165) is 0 Å². The van der Waals surface area contributed by atoms with E-state index in [-0.39, 0.29) is 18.2 Å². The molecule has 19 heavy (non-hydrogen) atoms. The first kappa shape index (κ1) is 13.3. The molecule has 2 heterocycles. The zero-order valence-electron chi connectivity index (χ0n) is 10.9. The number of hydrogen-bond acceptors (Lipinski definition) is 5. The zero-order valence-corrected chi connectivity index (χ0v) is 10.9. The first-order valence-electron chi connectivity index (χ1n) is 6.23. The molecule has 102 valence electrons. The SMILES string of the molecule is CCOC(=O)/C(O)=C1\CCC(C)n2c1nccc2=O. The van der Waals surface area contributed by atoms with Gasteiger partial charge < -0.3 is 9.84 Å². The van der Waals surface area contributed by atoms with E-state index in [1.165, 1.54) is 16.8 Å². The molecule has 0 aromatic carbocycles. The highest BCUT2D eigenvalue weighted by Crippen LogP contribution is 2.31. The molecule has 0 saturated heterocycles. The lowest BCUT2D eigenvalue weighted by atomic mass is 9.99. The highest BCUT2D eigenvalue weighted by atomic mass is 16.5. The average Bonchev–Trinajstić information content (AvgIpc) is 2.39. The number of rotatable bonds is 2. The predicted molar refractivity (Wildman–Crippen MR) is 68.6 cm³/mol. The molecule has 1 N–H and O–H groups in total. The van der Waals surface area contributed by atoms with Crippen molar-refractivity contribution in [3.8, 4) is 0 Å². The van der Waals surface area contributed by atoms with Crippen LogP contribution in [-0.4, -0.2) is 27.2 Å². The van der Waals surface area contributed by atoms with Gasteiger partial charge in [-0.3, -0.25) is 9.36 Å². The Labute approximate surface area is 110 Å². The van der Waals surface area contributed by atoms with Gasteiger partial charge in [-0.05, 0) is 26.7 Å². The molecule has 1 atom stereocenters. The minimum atomic E-state index is -0.781. The van der Waals surface area contributed by atoms with Crippen LogP contribution in [0.2, 0.25) is 0 Å². The average molecular weight is 264 g/mol. The Kier molecular flexibility index (Phi) is 3.69. The number of hydrogen-bond donors (Lipinski definition) is 1. The molecule has 6 nitrogen and oxygen atoms in total. The number of fused-ring (bicyclic) bond motifs is 1. The fraction of sp³-hybridized carbons (Fsp3) is 0.462. The number of aromatic nitrogens is 2. The number of carbonyl (C=O) groups is 1. The standard InChI is InChI=1S/C13H16N2O4/c1-3-19-13(18)11(17)9-5-4-8(2)15-10(16)6-7-14-12(9)15/h6-8,17H,3-5H2,1-2H3/b11-9-. The van der Waals surface area contributed by atoms with Crippen molar-refractivity contribution in [3.05, 3.63) is 34.2 Å². The smallest absolute Gasteiger partial charge is 0.373 e. The lowest BCUT2D eigenvalue weighted by Crippen LogP contribution is -2.30. The summed E-state index contributed by atoms with van der Waals surface area (Å²) < 4.78 is 6.26. The molecule has 2 rings (SSSR count). The second kappa shape index (κ2) is 5.26. The topological polar surface area (TPSA) is 81.4 Å². The molecule has 0 fully saturated rings. The third-order valence-electron chi connectivity index (χ3n) is 3.16. The van der Waals surface area contributed by atoms with E-state index < -0.39 is 11.7 Å². The van der Waals surface area contributed by atoms with Crippen LogP contribution in [0.3, 0.4) is 0 Å². The van der Waals surface area contributed by atoms with E-state index in [2.05, 4.69) is 4.98 Å². The second-order valence-corrected chi connectivity index (χ2v) is 4.41. The molecule has 0 radical (unpaired) electrons. The Bertz CT molecular complexity index is 589. The van der Waals surface area contributed by atoms with Crippen molar-refractivity contribution in [2.24, 2.45) is 0 Å². The summed E-state index contributed by atoms with van der Waals surface area (Å²) >= 11 is 0. The van der Waals surface area contributed by atoms with Gasteiger partial charge in [-0.25, -0.2) is 9.78 Å². The zero-order chi connectivity index (χ0) is 14.0. The normalized spacial score (nSPS) is 20.6. The third kappa shape index (κ3) is 2.38. The molecule has 1 unspecified atom stereocenters. The lowest BCUT2D eigenvalue weighted by Gasteiger charge is -2.25. The van der Waals surface area contributed by atoms with Crippen LogP contribution in [0.5, 0.6) is 0 Å². The van der Waals surface area contributed by atoms with Gasteiger partial charge in [-0.1, -0.05) is 0 Å². The van der Waals surface area contributed by atoms with Gasteiger partial charge in [0.15, 0.2) is 0 Å². The minimum Gasteiger partial charge on any atom is -0.502 e. The maximum absolute atomic E-state index is 11.8. The molecule has 0 saturated carbocycles. The summed E-state index contributed by atoms with van der Waals surface area (Å²) in [5.74, 6) is -0.894. The van der Waals surface area contributed by atoms with Crippen molar-refractivity contribution < 1.29 is 14.6 Å². The van der Waals surface area contributed by atoms with Crippen LogP contribution in [0.4, 0.5) is 0 Å². The number of esters is 1. The van der Waals surface area contributed by atoms with Gasteiger partial charge in [0.25, 0.3) is 5.56 Å². The Morgan fingerprint density at radius 3 is 3.05 bits per heavy atom. The summed E-state index contributed by atoms with van der Waals surface area (Å²) in [5.41, 5.74) is 0.181. The first-order chi connectivity index (χ1) is 9.06. The molecule has 1 aromatic rings. The van der Waals surface area contributed by atoms with Crippen LogP contribution in [-0.2, 0) is 9.53 Å². The van der Waals surface area contributed by atoms with Gasteiger partial charge in [0.2, 0.25) is 5.76 Å². The van der Waals surface area contributed by atoms with E-state index >= 15 is 0 Å². The van der Waals surface area contributed by atoms with Crippen LogP contribution in [0, 0.1) is 0 Å². The van der Waals surface area contributed by atoms with Crippen molar-refractivity contribution >= 4 is 11.5 Å². The summed E-state index contributed by atoms with van der Waals surface area (Å²) in [6.07, 6.45) is 2.53. The highest BCUT2D eigenvalue weighted by Gasteiger charge is 2.27. The molecular weight excluding hydrogens is 248 g/mol. The summed E-state index contributed by atoms with van der Waals surface area (Å²) in [6, 6.07) is 1.36. The molecule has 0 bridgehead atoms. The number of allylic oxidation sites excluding steroid dienone is 1. The molecule has 1 aliphatic heterocycles. The van der Waals surface area contributed by atoms with E-state index in [0.29, 0.717) is 24.2 Å². The van der Waals surface area contributed by atoms with Crippen molar-refractivity contribution in [2.45, 2.75) is 32.7 Å². The largest absolute Gasteiger partial charge is 0.502 e. The lowest BCUT2D eigenvalue weighted by molar-refractivity contribution is -0.141. The minimum absolute atomic E-state index is 0.00468. The maximum Gasteiger partial charge on any atom is 0.373 e. The van der Waals surface area contributed by atoms with Crippen LogP contribution in [0.25, 0.3) is 5.57 Å². The van der Waals surface area contributed by atoms with E-state index in [1.54, 1.807) is 6.92 Å². The number of aliphatic hydroxyl groups excluding tert-OH is 1. The Morgan fingerprint density at radius 2 is 2.37 bits per heavy atom. The van der Waals surface area contributed by atoms with E-state index in [1.807, 2.05) is 6.92 Å². The molecule has 0 spiro atoms. The van der Waals surface area contributed by atoms with E-state index in [9.17, 15) is 14.7 Å². The van der Waals surface area contributed by atoms with Crippen LogP contribution in [0.1, 0.15) is 38.6 Å². The predicted octanol–water partition coefficient (Wildman–Crippen LogP) is 1.43. The summed E-state index contributed by atoms with van der Waals surface area (Å²) in [7, 11) is 0. The summed E-state index contributed by atoms with van der Waals surface area (Å²) in [5, 5.41) is 9.95. The summed E-state index contributed by atoms with van der Waals surface area (Å²) in [6.45, 7) is 3.75. The molecule has 6 heteroatoms. The fourth-order valence-corrected chi connectivity index (χ4v) is 2.21. The molecule has 1 aromatic heterocycles. The van der Waals surface area contributed by atoms with Gasteiger partial charge in [0.05, 0.1) is 6.61 Å². The van der Waals surface area contributed by atoms with Gasteiger partial charge in [-0.15, -0.1) is 0 Å². The third-order valence-corrected chi connectivity index (χ3v) is 3.16. The van der Waals surface area contributed by atoms with Crippen molar-refractivity contribution in [3.63, 3.8) is 0 Å². The molecule has 0 aliphatic carbocycles. The second-order valence-electron chi connectivity index (χ2n) is 4.41. The number of nitrogens with zero attached hydrogens (tertiary/aromatic N) is 2.